The Morgan fingerprint density at radius 3 is 2.85 bits per heavy atom. The van der Waals surface area contributed by atoms with Crippen molar-refractivity contribution in [2.75, 3.05) is 6.54 Å². The van der Waals surface area contributed by atoms with Crippen molar-refractivity contribution < 1.29 is 17.2 Å². The monoisotopic (exact) mass is 400 g/mol. The molecule has 142 valence electrons. The minimum absolute atomic E-state index is 0.109. The van der Waals surface area contributed by atoms with E-state index >= 15 is 0 Å². The third kappa shape index (κ3) is 4.45. The molecule has 8 heteroatoms. The van der Waals surface area contributed by atoms with E-state index in [2.05, 4.69) is 18.8 Å². The van der Waals surface area contributed by atoms with Gasteiger partial charge < -0.3 is 4.42 Å². The summed E-state index contributed by atoms with van der Waals surface area (Å²) in [6.07, 6.45) is 2.19. The van der Waals surface area contributed by atoms with Crippen LogP contribution < -0.4 is 0 Å². The molecule has 1 aromatic carbocycles. The molecule has 0 saturated heterocycles. The molecule has 5 nitrogen and oxygen atoms in total. The maximum Gasteiger partial charge on any atom is 0.218 e. The Morgan fingerprint density at radius 2 is 2.15 bits per heavy atom. The molecule has 0 unspecified atom stereocenters. The molecule has 0 N–H and O–H groups in total. The smallest absolute Gasteiger partial charge is 0.218 e. The van der Waals surface area contributed by atoms with Gasteiger partial charge in [0.15, 0.2) is 5.89 Å². The number of benzene rings is 1. The maximum atomic E-state index is 13.9. The summed E-state index contributed by atoms with van der Waals surface area (Å²) in [7, 11) is -3.66. The number of fused-ring (bicyclic) bond motifs is 1. The second-order valence-corrected chi connectivity index (χ2v) is 9.39. The number of aromatic nitrogens is 1. The maximum absolute atomic E-state index is 13.9. The van der Waals surface area contributed by atoms with E-state index in [4.69, 9.17) is 16.0 Å². The Labute approximate surface area is 158 Å². The molecule has 1 aliphatic rings. The molecule has 0 saturated carbocycles. The minimum Gasteiger partial charge on any atom is -0.445 e. The van der Waals surface area contributed by atoms with Gasteiger partial charge in [-0.05, 0) is 24.5 Å². The molecule has 0 aliphatic carbocycles. The van der Waals surface area contributed by atoms with Gasteiger partial charge in [-0.3, -0.25) is 0 Å². The summed E-state index contributed by atoms with van der Waals surface area (Å²) in [6, 6.07) is 4.02. The average Bonchev–Trinajstić information content (AvgIpc) is 2.97. The van der Waals surface area contributed by atoms with Crippen molar-refractivity contribution in [1.29, 1.82) is 0 Å². The van der Waals surface area contributed by atoms with Crippen LogP contribution in [0.4, 0.5) is 4.39 Å². The lowest BCUT2D eigenvalue weighted by molar-refractivity contribution is 0.354. The minimum atomic E-state index is -3.66. The van der Waals surface area contributed by atoms with Gasteiger partial charge in [0.05, 0.1) is 18.0 Å². The van der Waals surface area contributed by atoms with E-state index in [1.165, 1.54) is 16.4 Å². The number of nitrogens with zero attached hydrogens (tertiary/aromatic N) is 2. The van der Waals surface area contributed by atoms with Gasteiger partial charge >= 0.3 is 0 Å². The van der Waals surface area contributed by atoms with Crippen molar-refractivity contribution in [1.82, 2.24) is 9.29 Å². The topological polar surface area (TPSA) is 63.4 Å². The predicted octanol–water partition coefficient (Wildman–Crippen LogP) is 3.94. The fraction of sp³-hybridized carbons (Fsp3) is 0.500. The molecule has 0 atom stereocenters. The van der Waals surface area contributed by atoms with Gasteiger partial charge in [0.2, 0.25) is 10.0 Å². The van der Waals surface area contributed by atoms with Crippen LogP contribution in [0, 0.1) is 11.7 Å². The number of halogens is 2. The zero-order valence-electron chi connectivity index (χ0n) is 14.8. The van der Waals surface area contributed by atoms with Gasteiger partial charge in [-0.1, -0.05) is 31.5 Å². The van der Waals surface area contributed by atoms with Gasteiger partial charge in [-0.15, -0.1) is 0 Å². The fourth-order valence-corrected chi connectivity index (χ4v) is 4.57. The molecule has 1 aromatic heterocycles. The zero-order chi connectivity index (χ0) is 18.9. The molecule has 26 heavy (non-hydrogen) atoms. The first-order valence-corrected chi connectivity index (χ1v) is 10.6. The van der Waals surface area contributed by atoms with Crippen LogP contribution >= 0.6 is 11.6 Å². The van der Waals surface area contributed by atoms with Crippen molar-refractivity contribution in [2.24, 2.45) is 5.92 Å². The highest BCUT2D eigenvalue weighted by molar-refractivity contribution is 7.88. The number of aryl methyl sites for hydroxylation is 1. The van der Waals surface area contributed by atoms with E-state index in [0.29, 0.717) is 30.5 Å². The van der Waals surface area contributed by atoms with Gasteiger partial charge in [0, 0.05) is 30.0 Å². The Kier molecular flexibility index (Phi) is 5.69. The largest absolute Gasteiger partial charge is 0.445 e. The van der Waals surface area contributed by atoms with E-state index < -0.39 is 21.6 Å². The number of oxazole rings is 1. The van der Waals surface area contributed by atoms with Crippen molar-refractivity contribution in [3.8, 4) is 0 Å². The van der Waals surface area contributed by atoms with Crippen molar-refractivity contribution in [3.63, 3.8) is 0 Å². The summed E-state index contributed by atoms with van der Waals surface area (Å²) < 4.78 is 46.4. The van der Waals surface area contributed by atoms with Gasteiger partial charge in [-0.2, -0.15) is 4.31 Å². The van der Waals surface area contributed by atoms with Crippen molar-refractivity contribution in [2.45, 2.75) is 45.4 Å². The van der Waals surface area contributed by atoms with Gasteiger partial charge in [-0.25, -0.2) is 17.8 Å². The third-order valence-electron chi connectivity index (χ3n) is 4.42. The molecule has 2 heterocycles. The van der Waals surface area contributed by atoms with Crippen LogP contribution in [0.2, 0.25) is 5.02 Å². The number of hydrogen-bond acceptors (Lipinski definition) is 4. The lowest BCUT2D eigenvalue weighted by Crippen LogP contribution is -2.36. The van der Waals surface area contributed by atoms with Crippen molar-refractivity contribution >= 4 is 21.6 Å². The Hall–Kier alpha value is -1.44. The van der Waals surface area contributed by atoms with E-state index in [1.54, 1.807) is 0 Å². The SMILES string of the molecule is CC(C)CCc1nc2c(o1)CCN(S(=O)(=O)Cc1ccc(Cl)cc1F)C2. The Morgan fingerprint density at radius 1 is 1.38 bits per heavy atom. The summed E-state index contributed by atoms with van der Waals surface area (Å²) in [4.78, 5) is 4.46. The van der Waals surface area contributed by atoms with Crippen LogP contribution in [-0.2, 0) is 35.2 Å². The normalized spacial score (nSPS) is 15.4. The first-order valence-electron chi connectivity index (χ1n) is 8.64. The molecule has 1 aliphatic heterocycles. The van der Waals surface area contributed by atoms with Gasteiger partial charge in [0.25, 0.3) is 0 Å². The highest BCUT2D eigenvalue weighted by atomic mass is 35.5. The van der Waals surface area contributed by atoms with E-state index in [-0.39, 0.29) is 17.1 Å². The van der Waals surface area contributed by atoms with E-state index in [9.17, 15) is 12.8 Å². The molecule has 2 aromatic rings. The zero-order valence-corrected chi connectivity index (χ0v) is 16.4. The van der Waals surface area contributed by atoms with Crippen molar-refractivity contribution in [3.05, 3.63) is 51.9 Å². The van der Waals surface area contributed by atoms with Crippen LogP contribution in [0.25, 0.3) is 0 Å². The summed E-state index contributed by atoms with van der Waals surface area (Å²) >= 11 is 5.72. The van der Waals surface area contributed by atoms with Crippen LogP contribution in [0.5, 0.6) is 0 Å². The first-order chi connectivity index (χ1) is 12.2. The van der Waals surface area contributed by atoms with E-state index in [1.807, 2.05) is 0 Å². The number of hydrogen-bond donors (Lipinski definition) is 0. The summed E-state index contributed by atoms with van der Waals surface area (Å²) in [5.41, 5.74) is 0.771. The third-order valence-corrected chi connectivity index (χ3v) is 6.43. The highest BCUT2D eigenvalue weighted by Crippen LogP contribution is 2.25. The van der Waals surface area contributed by atoms with E-state index in [0.717, 1.165) is 24.7 Å². The van der Waals surface area contributed by atoms with Crippen LogP contribution in [0.15, 0.2) is 22.6 Å². The highest BCUT2D eigenvalue weighted by Gasteiger charge is 2.30. The second-order valence-electron chi connectivity index (χ2n) is 6.99. The van der Waals surface area contributed by atoms with Crippen LogP contribution in [0.1, 0.15) is 43.2 Å². The second kappa shape index (κ2) is 7.66. The Balaban J connectivity index is 1.72. The fourth-order valence-electron chi connectivity index (χ4n) is 2.91. The molecule has 0 spiro atoms. The number of sulfonamides is 1. The molecular weight excluding hydrogens is 379 g/mol. The average molecular weight is 401 g/mol. The lowest BCUT2D eigenvalue weighted by atomic mass is 10.1. The summed E-state index contributed by atoms with van der Waals surface area (Å²) in [6.45, 7) is 4.74. The molecule has 0 bridgehead atoms. The Bertz CT molecular complexity index is 896. The van der Waals surface area contributed by atoms with Gasteiger partial charge in [0.1, 0.15) is 11.6 Å². The summed E-state index contributed by atoms with van der Waals surface area (Å²) in [5, 5.41) is 0.239. The molecule has 0 amide bonds. The molecular formula is C18H22ClFN2O3S. The first kappa shape index (κ1) is 19.3. The van der Waals surface area contributed by atoms with Crippen LogP contribution in [-0.4, -0.2) is 24.3 Å². The standard InChI is InChI=1S/C18H22ClFN2O3S/c1-12(2)3-6-18-21-16-10-22(8-7-17(16)25-18)26(23,24)11-13-4-5-14(19)9-15(13)20/h4-5,9,12H,3,6-8,10-11H2,1-2H3. The predicted molar refractivity (Wildman–Crippen MR) is 97.8 cm³/mol. The quantitative estimate of drug-likeness (QED) is 0.736. The van der Waals surface area contributed by atoms with Crippen LogP contribution in [0.3, 0.4) is 0 Å². The summed E-state index contributed by atoms with van der Waals surface area (Å²) in [5.74, 6) is 0.949. The number of rotatable bonds is 6. The molecule has 0 fully saturated rings. The molecule has 0 radical (unpaired) electrons. The lowest BCUT2D eigenvalue weighted by Gasteiger charge is -2.24. The molecule has 3 rings (SSSR count).